The van der Waals surface area contributed by atoms with Crippen molar-refractivity contribution in [2.24, 2.45) is 0 Å². The molecule has 118 valence electrons. The number of para-hydroxylation sites is 1. The summed E-state index contributed by atoms with van der Waals surface area (Å²) in [6, 6.07) is 20.1. The van der Waals surface area contributed by atoms with Gasteiger partial charge in [0.1, 0.15) is 5.69 Å². The van der Waals surface area contributed by atoms with Crippen molar-refractivity contribution >= 4 is 11.7 Å². The van der Waals surface area contributed by atoms with E-state index in [1.165, 1.54) is 5.56 Å². The molecule has 0 amide bonds. The Morgan fingerprint density at radius 2 is 1.75 bits per heavy atom. The van der Waals surface area contributed by atoms with Crippen molar-refractivity contribution in [3.63, 3.8) is 0 Å². The van der Waals surface area contributed by atoms with E-state index in [0.717, 1.165) is 16.9 Å². The standard InChI is InChI=1S/C18H15N5O/c1-12-7-9-13(10-8-12)15-11-16(21-20-15)17-22-23-18(24-17)19-14-5-3-2-4-6-14/h2-11H,1H3,(H,19,23)(H,20,21). The van der Waals surface area contributed by atoms with Crippen molar-refractivity contribution in [1.82, 2.24) is 20.4 Å². The predicted octanol–water partition coefficient (Wildman–Crippen LogP) is 4.18. The molecule has 0 aliphatic carbocycles. The molecule has 24 heavy (non-hydrogen) atoms. The maximum atomic E-state index is 5.64. The second-order valence-electron chi connectivity index (χ2n) is 5.44. The highest BCUT2D eigenvalue weighted by atomic mass is 16.4. The minimum absolute atomic E-state index is 0.336. The van der Waals surface area contributed by atoms with E-state index < -0.39 is 0 Å². The van der Waals surface area contributed by atoms with Crippen LogP contribution in [0.15, 0.2) is 65.1 Å². The minimum Gasteiger partial charge on any atom is -0.401 e. The average molecular weight is 317 g/mol. The molecular weight excluding hydrogens is 302 g/mol. The summed E-state index contributed by atoms with van der Waals surface area (Å²) < 4.78 is 5.64. The van der Waals surface area contributed by atoms with E-state index in [1.54, 1.807) is 0 Å². The first kappa shape index (κ1) is 14.2. The fourth-order valence-electron chi connectivity index (χ4n) is 2.33. The van der Waals surface area contributed by atoms with Gasteiger partial charge in [-0.15, -0.1) is 5.10 Å². The van der Waals surface area contributed by atoms with Gasteiger partial charge in [-0.1, -0.05) is 53.1 Å². The second-order valence-corrected chi connectivity index (χ2v) is 5.44. The van der Waals surface area contributed by atoms with Crippen LogP contribution in [0, 0.1) is 6.92 Å². The Bertz CT molecular complexity index is 941. The summed E-state index contributed by atoms with van der Waals surface area (Å²) in [5.41, 5.74) is 4.64. The predicted molar refractivity (Wildman–Crippen MR) is 91.8 cm³/mol. The third-order valence-electron chi connectivity index (χ3n) is 3.61. The van der Waals surface area contributed by atoms with Gasteiger partial charge in [-0.3, -0.25) is 5.10 Å². The molecule has 0 spiro atoms. The number of hydrogen-bond acceptors (Lipinski definition) is 5. The van der Waals surface area contributed by atoms with Crippen LogP contribution in [0.1, 0.15) is 5.56 Å². The molecular formula is C18H15N5O. The lowest BCUT2D eigenvalue weighted by Crippen LogP contribution is -1.88. The number of nitrogens with zero attached hydrogens (tertiary/aromatic N) is 3. The SMILES string of the molecule is Cc1ccc(-c2cc(-c3nnc(Nc4ccccc4)o3)[nH]n2)cc1. The smallest absolute Gasteiger partial charge is 0.320 e. The summed E-state index contributed by atoms with van der Waals surface area (Å²) in [6.45, 7) is 2.06. The molecule has 2 N–H and O–H groups in total. The maximum absolute atomic E-state index is 5.64. The minimum atomic E-state index is 0.336. The third-order valence-corrected chi connectivity index (χ3v) is 3.61. The van der Waals surface area contributed by atoms with Gasteiger partial charge in [-0.05, 0) is 25.1 Å². The van der Waals surface area contributed by atoms with E-state index in [0.29, 0.717) is 17.6 Å². The molecule has 2 aromatic carbocycles. The fourth-order valence-corrected chi connectivity index (χ4v) is 2.33. The Balaban J connectivity index is 1.56. The van der Waals surface area contributed by atoms with Gasteiger partial charge in [0.15, 0.2) is 0 Å². The zero-order chi connectivity index (χ0) is 16.4. The number of aryl methyl sites for hydroxylation is 1. The first-order chi connectivity index (χ1) is 11.8. The summed E-state index contributed by atoms with van der Waals surface area (Å²) >= 11 is 0. The van der Waals surface area contributed by atoms with Gasteiger partial charge in [-0.2, -0.15) is 5.10 Å². The Kier molecular flexibility index (Phi) is 3.55. The molecule has 6 heteroatoms. The van der Waals surface area contributed by atoms with Gasteiger partial charge in [0.25, 0.3) is 5.89 Å². The van der Waals surface area contributed by atoms with E-state index in [9.17, 15) is 0 Å². The van der Waals surface area contributed by atoms with E-state index >= 15 is 0 Å². The van der Waals surface area contributed by atoms with Crippen molar-refractivity contribution in [1.29, 1.82) is 0 Å². The van der Waals surface area contributed by atoms with Crippen LogP contribution in [0.4, 0.5) is 11.7 Å². The highest BCUT2D eigenvalue weighted by molar-refractivity contribution is 5.65. The molecule has 0 aliphatic heterocycles. The van der Waals surface area contributed by atoms with Gasteiger partial charge in [0.05, 0.1) is 5.69 Å². The van der Waals surface area contributed by atoms with Gasteiger partial charge in [0, 0.05) is 11.3 Å². The van der Waals surface area contributed by atoms with E-state index in [4.69, 9.17) is 4.42 Å². The van der Waals surface area contributed by atoms with Crippen LogP contribution in [-0.2, 0) is 0 Å². The van der Waals surface area contributed by atoms with E-state index in [-0.39, 0.29) is 0 Å². The quantitative estimate of drug-likeness (QED) is 0.590. The summed E-state index contributed by atoms with van der Waals surface area (Å²) in [4.78, 5) is 0. The van der Waals surface area contributed by atoms with Gasteiger partial charge in [-0.25, -0.2) is 0 Å². The number of hydrogen-bond donors (Lipinski definition) is 2. The van der Waals surface area contributed by atoms with Crippen LogP contribution in [0.5, 0.6) is 0 Å². The van der Waals surface area contributed by atoms with Crippen LogP contribution >= 0.6 is 0 Å². The molecule has 2 heterocycles. The second kappa shape index (κ2) is 6.00. The summed E-state index contributed by atoms with van der Waals surface area (Å²) in [5.74, 6) is 0.388. The highest BCUT2D eigenvalue weighted by Crippen LogP contribution is 2.25. The Morgan fingerprint density at radius 1 is 0.958 bits per heavy atom. The number of benzene rings is 2. The molecule has 4 rings (SSSR count). The van der Waals surface area contributed by atoms with Crippen LogP contribution in [0.3, 0.4) is 0 Å². The molecule has 0 saturated heterocycles. The Labute approximate surface area is 138 Å². The maximum Gasteiger partial charge on any atom is 0.320 e. The molecule has 0 saturated carbocycles. The number of H-pyrrole nitrogens is 1. The zero-order valence-corrected chi connectivity index (χ0v) is 13.0. The van der Waals surface area contributed by atoms with Crippen LogP contribution in [-0.4, -0.2) is 20.4 Å². The number of aromatic amines is 1. The van der Waals surface area contributed by atoms with E-state index in [2.05, 4.69) is 44.8 Å². The molecule has 0 radical (unpaired) electrons. The molecule has 0 atom stereocenters. The average Bonchev–Trinajstić information content (AvgIpc) is 3.26. The number of anilines is 2. The third kappa shape index (κ3) is 2.89. The Morgan fingerprint density at radius 3 is 2.54 bits per heavy atom. The summed E-state index contributed by atoms with van der Waals surface area (Å²) in [6.07, 6.45) is 0. The molecule has 0 unspecified atom stereocenters. The van der Waals surface area contributed by atoms with Crippen LogP contribution < -0.4 is 5.32 Å². The van der Waals surface area contributed by atoms with Gasteiger partial charge in [0.2, 0.25) is 0 Å². The largest absolute Gasteiger partial charge is 0.401 e. The zero-order valence-electron chi connectivity index (χ0n) is 13.0. The number of nitrogens with one attached hydrogen (secondary N) is 2. The van der Waals surface area contributed by atoms with Crippen molar-refractivity contribution in [2.45, 2.75) is 6.92 Å². The highest BCUT2D eigenvalue weighted by Gasteiger charge is 2.12. The van der Waals surface area contributed by atoms with Crippen LogP contribution in [0.25, 0.3) is 22.8 Å². The monoisotopic (exact) mass is 317 g/mol. The molecule has 6 nitrogen and oxygen atoms in total. The summed E-state index contributed by atoms with van der Waals surface area (Å²) in [5, 5.41) is 18.4. The lowest BCUT2D eigenvalue weighted by atomic mass is 10.1. The number of rotatable bonds is 4. The molecule has 0 bridgehead atoms. The van der Waals surface area contributed by atoms with E-state index in [1.807, 2.05) is 48.5 Å². The van der Waals surface area contributed by atoms with Gasteiger partial charge >= 0.3 is 6.01 Å². The Hall–Kier alpha value is -3.41. The normalized spacial score (nSPS) is 10.7. The number of aromatic nitrogens is 4. The van der Waals surface area contributed by atoms with Crippen molar-refractivity contribution in [3.05, 3.63) is 66.2 Å². The van der Waals surface area contributed by atoms with Gasteiger partial charge < -0.3 is 9.73 Å². The van der Waals surface area contributed by atoms with Crippen molar-refractivity contribution in [3.8, 4) is 22.8 Å². The molecule has 4 aromatic rings. The van der Waals surface area contributed by atoms with Crippen molar-refractivity contribution < 1.29 is 4.42 Å². The summed E-state index contributed by atoms with van der Waals surface area (Å²) in [7, 11) is 0. The molecule has 2 aromatic heterocycles. The topological polar surface area (TPSA) is 79.6 Å². The van der Waals surface area contributed by atoms with Crippen LogP contribution in [0.2, 0.25) is 0 Å². The lowest BCUT2D eigenvalue weighted by Gasteiger charge is -1.98. The lowest BCUT2D eigenvalue weighted by molar-refractivity contribution is 0.585. The fraction of sp³-hybridized carbons (Fsp3) is 0.0556. The first-order valence-corrected chi connectivity index (χ1v) is 7.56. The molecule has 0 aliphatic rings. The first-order valence-electron chi connectivity index (χ1n) is 7.56. The van der Waals surface area contributed by atoms with Crippen molar-refractivity contribution in [2.75, 3.05) is 5.32 Å². The molecule has 0 fully saturated rings.